The predicted molar refractivity (Wildman–Crippen MR) is 113 cm³/mol. The van der Waals surface area contributed by atoms with Gasteiger partial charge in [-0.1, -0.05) is 12.1 Å². The molecular weight excluding hydrogens is 386 g/mol. The van der Waals surface area contributed by atoms with Crippen molar-refractivity contribution in [3.63, 3.8) is 0 Å². The Balaban J connectivity index is 1.78. The Morgan fingerprint density at radius 1 is 1.34 bits per heavy atom. The molecule has 4 rings (SSSR count). The molecule has 0 saturated carbocycles. The average Bonchev–Trinajstić information content (AvgIpc) is 3.04. The second-order valence-electron chi connectivity index (χ2n) is 7.46. The van der Waals surface area contributed by atoms with Crippen LogP contribution in [-0.2, 0) is 4.79 Å². The Morgan fingerprint density at radius 2 is 2.07 bits per heavy atom. The first-order valence-electron chi connectivity index (χ1n) is 9.57. The summed E-state index contributed by atoms with van der Waals surface area (Å²) in [4.78, 5) is 14.0. The number of nitriles is 1. The second-order valence-corrected chi connectivity index (χ2v) is 8.56. The molecule has 1 aromatic carbocycles. The van der Waals surface area contributed by atoms with Crippen molar-refractivity contribution in [1.29, 1.82) is 5.26 Å². The highest BCUT2D eigenvalue weighted by Crippen LogP contribution is 2.44. The number of carbonyl (C=O) groups excluding carboxylic acids is 1. The SMILES string of the molecule is Cc1nn(C(C)C)c2c1C(c1ccc(N3CCSCC3=O)cc1)C(C#N)=C(N)O2. The maximum absolute atomic E-state index is 12.2. The van der Waals surface area contributed by atoms with Gasteiger partial charge in [0.25, 0.3) is 0 Å². The zero-order valence-corrected chi connectivity index (χ0v) is 17.5. The lowest BCUT2D eigenvalue weighted by atomic mass is 9.84. The number of benzene rings is 1. The van der Waals surface area contributed by atoms with Crippen LogP contribution in [-0.4, -0.2) is 33.7 Å². The van der Waals surface area contributed by atoms with E-state index in [1.807, 2.05) is 49.9 Å². The van der Waals surface area contributed by atoms with Gasteiger partial charge in [-0.05, 0) is 38.5 Å². The number of allylic oxidation sites excluding steroid dienone is 1. The number of rotatable bonds is 3. The Kier molecular flexibility index (Phi) is 5.01. The van der Waals surface area contributed by atoms with E-state index < -0.39 is 0 Å². The van der Waals surface area contributed by atoms with Crippen molar-refractivity contribution in [3.05, 3.63) is 52.5 Å². The lowest BCUT2D eigenvalue weighted by Gasteiger charge is -2.28. The van der Waals surface area contributed by atoms with Crippen LogP contribution in [0.25, 0.3) is 0 Å². The maximum Gasteiger partial charge on any atom is 0.237 e. The monoisotopic (exact) mass is 409 g/mol. The van der Waals surface area contributed by atoms with E-state index in [4.69, 9.17) is 10.5 Å². The van der Waals surface area contributed by atoms with Gasteiger partial charge in [-0.2, -0.15) is 22.1 Å². The normalized spacial score (nSPS) is 19.2. The number of aromatic nitrogens is 2. The Morgan fingerprint density at radius 3 is 2.69 bits per heavy atom. The molecule has 2 N–H and O–H groups in total. The first-order chi connectivity index (χ1) is 13.9. The number of hydrogen-bond donors (Lipinski definition) is 1. The van der Waals surface area contributed by atoms with Gasteiger partial charge in [0.05, 0.1) is 29.0 Å². The van der Waals surface area contributed by atoms with Crippen LogP contribution < -0.4 is 15.4 Å². The van der Waals surface area contributed by atoms with E-state index >= 15 is 0 Å². The van der Waals surface area contributed by atoms with E-state index in [0.29, 0.717) is 23.8 Å². The summed E-state index contributed by atoms with van der Waals surface area (Å²) in [5, 5.41) is 14.4. The van der Waals surface area contributed by atoms with Crippen molar-refractivity contribution in [2.24, 2.45) is 5.73 Å². The minimum atomic E-state index is -0.349. The lowest BCUT2D eigenvalue weighted by molar-refractivity contribution is -0.116. The first kappa shape index (κ1) is 19.4. The van der Waals surface area contributed by atoms with Crippen LogP contribution in [0.4, 0.5) is 5.69 Å². The molecule has 1 fully saturated rings. The molecule has 0 bridgehead atoms. The molecule has 2 aliphatic rings. The summed E-state index contributed by atoms with van der Waals surface area (Å²) in [6, 6.07) is 10.1. The third kappa shape index (κ3) is 3.25. The molecule has 0 aliphatic carbocycles. The van der Waals surface area contributed by atoms with Gasteiger partial charge in [0.1, 0.15) is 11.6 Å². The molecule has 1 atom stereocenters. The van der Waals surface area contributed by atoms with Crippen LogP contribution in [0.15, 0.2) is 35.7 Å². The summed E-state index contributed by atoms with van der Waals surface area (Å²) in [6.07, 6.45) is 0. The molecule has 1 unspecified atom stereocenters. The first-order valence-corrected chi connectivity index (χ1v) is 10.7. The molecule has 8 heteroatoms. The molecule has 29 heavy (non-hydrogen) atoms. The predicted octanol–water partition coefficient (Wildman–Crippen LogP) is 3.07. The van der Waals surface area contributed by atoms with Gasteiger partial charge < -0.3 is 15.4 Å². The van der Waals surface area contributed by atoms with Crippen LogP contribution in [0.1, 0.15) is 42.6 Å². The van der Waals surface area contributed by atoms with Gasteiger partial charge in [-0.15, -0.1) is 0 Å². The number of nitrogens with two attached hydrogens (primary N) is 1. The number of nitrogens with zero attached hydrogens (tertiary/aromatic N) is 4. The Hall–Kier alpha value is -2.92. The van der Waals surface area contributed by atoms with Gasteiger partial charge in [-0.3, -0.25) is 4.79 Å². The molecule has 150 valence electrons. The summed E-state index contributed by atoms with van der Waals surface area (Å²) in [5.74, 6) is 1.92. The summed E-state index contributed by atoms with van der Waals surface area (Å²) in [5.41, 5.74) is 9.96. The largest absolute Gasteiger partial charge is 0.422 e. The standard InChI is InChI=1S/C21H23N5O2S/c1-12(2)26-21-18(13(3)24-26)19(16(10-22)20(23)28-21)14-4-6-15(7-5-14)25-8-9-29-11-17(25)27/h4-7,12,19H,8-9,11,23H2,1-3H3. The number of amides is 1. The summed E-state index contributed by atoms with van der Waals surface area (Å²) >= 11 is 1.66. The van der Waals surface area contributed by atoms with E-state index in [-0.39, 0.29) is 23.8 Å². The number of thioether (sulfide) groups is 1. The summed E-state index contributed by atoms with van der Waals surface area (Å²) < 4.78 is 7.62. The van der Waals surface area contributed by atoms with Crippen molar-refractivity contribution < 1.29 is 9.53 Å². The van der Waals surface area contributed by atoms with E-state index in [2.05, 4.69) is 11.2 Å². The number of aryl methyl sites for hydroxylation is 1. The van der Waals surface area contributed by atoms with Crippen LogP contribution in [0, 0.1) is 18.3 Å². The molecule has 0 radical (unpaired) electrons. The summed E-state index contributed by atoms with van der Waals surface area (Å²) in [7, 11) is 0. The molecule has 0 spiro atoms. The molecule has 1 aromatic heterocycles. The Labute approximate surface area is 174 Å². The highest BCUT2D eigenvalue weighted by atomic mass is 32.2. The van der Waals surface area contributed by atoms with Crippen LogP contribution in [0.2, 0.25) is 0 Å². The second kappa shape index (κ2) is 7.48. The van der Waals surface area contributed by atoms with Crippen molar-refractivity contribution in [2.75, 3.05) is 23.0 Å². The van der Waals surface area contributed by atoms with Crippen molar-refractivity contribution in [3.8, 4) is 11.9 Å². The fourth-order valence-electron chi connectivity index (χ4n) is 3.86. The molecule has 7 nitrogen and oxygen atoms in total. The van der Waals surface area contributed by atoms with Gasteiger partial charge in [-0.25, -0.2) is 4.68 Å². The lowest BCUT2D eigenvalue weighted by Crippen LogP contribution is -2.38. The molecule has 2 aromatic rings. The molecular formula is C21H23N5O2S. The van der Waals surface area contributed by atoms with Crippen molar-refractivity contribution >= 4 is 23.4 Å². The highest BCUT2D eigenvalue weighted by molar-refractivity contribution is 8.00. The zero-order chi connectivity index (χ0) is 20.7. The number of carbonyl (C=O) groups is 1. The van der Waals surface area contributed by atoms with Crippen molar-refractivity contribution in [2.45, 2.75) is 32.7 Å². The molecule has 3 heterocycles. The van der Waals surface area contributed by atoms with Crippen LogP contribution in [0.5, 0.6) is 5.88 Å². The highest BCUT2D eigenvalue weighted by Gasteiger charge is 2.36. The van der Waals surface area contributed by atoms with E-state index in [1.54, 1.807) is 16.4 Å². The fraction of sp³-hybridized carbons (Fsp3) is 0.381. The minimum Gasteiger partial charge on any atom is -0.422 e. The van der Waals surface area contributed by atoms with E-state index in [9.17, 15) is 10.1 Å². The number of fused-ring (bicyclic) bond motifs is 1. The minimum absolute atomic E-state index is 0.0971. The third-order valence-electron chi connectivity index (χ3n) is 5.27. The molecule has 2 aliphatic heterocycles. The average molecular weight is 410 g/mol. The van der Waals surface area contributed by atoms with Crippen LogP contribution >= 0.6 is 11.8 Å². The molecule has 1 amide bonds. The molecule has 1 saturated heterocycles. The number of hydrogen-bond acceptors (Lipinski definition) is 6. The van der Waals surface area contributed by atoms with Gasteiger partial charge in [0.2, 0.25) is 17.7 Å². The number of ether oxygens (including phenoxy) is 1. The van der Waals surface area contributed by atoms with Gasteiger partial charge in [0.15, 0.2) is 0 Å². The topological polar surface area (TPSA) is 97.2 Å². The van der Waals surface area contributed by atoms with E-state index in [0.717, 1.165) is 28.3 Å². The smallest absolute Gasteiger partial charge is 0.237 e. The fourth-order valence-corrected chi connectivity index (χ4v) is 4.65. The summed E-state index contributed by atoms with van der Waals surface area (Å²) in [6.45, 7) is 6.67. The third-order valence-corrected chi connectivity index (χ3v) is 6.19. The van der Waals surface area contributed by atoms with Gasteiger partial charge >= 0.3 is 0 Å². The van der Waals surface area contributed by atoms with Gasteiger partial charge in [0, 0.05) is 18.0 Å². The Bertz CT molecular complexity index is 1030. The zero-order valence-electron chi connectivity index (χ0n) is 16.7. The van der Waals surface area contributed by atoms with E-state index in [1.165, 1.54) is 0 Å². The maximum atomic E-state index is 12.2. The van der Waals surface area contributed by atoms with Crippen molar-refractivity contribution in [1.82, 2.24) is 9.78 Å². The number of anilines is 1. The van der Waals surface area contributed by atoms with Crippen LogP contribution in [0.3, 0.4) is 0 Å². The quantitative estimate of drug-likeness (QED) is 0.837.